The van der Waals surface area contributed by atoms with Crippen LogP contribution in [-0.2, 0) is 22.5 Å². The minimum Gasteiger partial charge on any atom is -0.480 e. The van der Waals surface area contributed by atoms with Crippen molar-refractivity contribution in [3.63, 3.8) is 0 Å². The van der Waals surface area contributed by atoms with Gasteiger partial charge in [0.1, 0.15) is 6.61 Å². The molecule has 118 valence electrons. The van der Waals surface area contributed by atoms with Gasteiger partial charge in [0.05, 0.1) is 24.1 Å². The zero-order valence-corrected chi connectivity index (χ0v) is 12.8. The highest BCUT2D eigenvalue weighted by molar-refractivity contribution is 5.95. The summed E-state index contributed by atoms with van der Waals surface area (Å²) in [6.45, 7) is 7.03. The third kappa shape index (κ3) is 5.55. The van der Waals surface area contributed by atoms with Crippen LogP contribution in [0.15, 0.2) is 6.20 Å². The molecule has 1 rings (SSSR count). The fraction of sp³-hybridized carbons (Fsp3) is 0.643. The van der Waals surface area contributed by atoms with Crippen LogP contribution in [0.3, 0.4) is 0 Å². The summed E-state index contributed by atoms with van der Waals surface area (Å²) in [5, 5.41) is 15.4. The van der Waals surface area contributed by atoms with E-state index in [0.29, 0.717) is 11.5 Å². The topological polar surface area (TPSA) is 93.4 Å². The lowest BCUT2D eigenvalue weighted by Gasteiger charge is -2.10. The Kier molecular flexibility index (Phi) is 6.87. The van der Waals surface area contributed by atoms with Gasteiger partial charge in [0.2, 0.25) is 0 Å². The van der Waals surface area contributed by atoms with Crippen LogP contribution in [0.4, 0.5) is 0 Å². The third-order valence-electron chi connectivity index (χ3n) is 2.82. The van der Waals surface area contributed by atoms with Crippen molar-refractivity contribution in [2.45, 2.75) is 33.7 Å². The Balaban J connectivity index is 2.54. The molecule has 0 saturated carbocycles. The first-order valence-electron chi connectivity index (χ1n) is 7.08. The Morgan fingerprint density at radius 3 is 2.76 bits per heavy atom. The average molecular weight is 297 g/mol. The lowest BCUT2D eigenvalue weighted by Crippen LogP contribution is -2.28. The van der Waals surface area contributed by atoms with E-state index in [-0.39, 0.29) is 25.7 Å². The molecule has 0 aliphatic rings. The number of carboxylic acid groups (broad SMARTS) is 1. The van der Waals surface area contributed by atoms with Gasteiger partial charge in [-0.15, -0.1) is 0 Å². The number of carbonyl (C=O) groups is 2. The van der Waals surface area contributed by atoms with Gasteiger partial charge in [-0.2, -0.15) is 5.10 Å². The number of nitrogens with one attached hydrogen (secondary N) is 1. The van der Waals surface area contributed by atoms with Crippen LogP contribution >= 0.6 is 0 Å². The molecule has 0 atom stereocenters. The molecule has 0 aliphatic carbocycles. The summed E-state index contributed by atoms with van der Waals surface area (Å²) in [6.07, 6.45) is 2.31. The zero-order valence-electron chi connectivity index (χ0n) is 12.8. The summed E-state index contributed by atoms with van der Waals surface area (Å²) >= 11 is 0. The molecule has 0 fully saturated rings. The van der Waals surface area contributed by atoms with E-state index in [4.69, 9.17) is 9.84 Å². The summed E-state index contributed by atoms with van der Waals surface area (Å²) in [5.74, 6) is -0.777. The van der Waals surface area contributed by atoms with Crippen molar-refractivity contribution >= 4 is 11.9 Å². The molecule has 21 heavy (non-hydrogen) atoms. The largest absolute Gasteiger partial charge is 0.480 e. The number of ether oxygens (including phenoxy) is 1. The van der Waals surface area contributed by atoms with E-state index in [9.17, 15) is 9.59 Å². The second-order valence-corrected chi connectivity index (χ2v) is 5.14. The quantitative estimate of drug-likeness (QED) is 0.661. The molecule has 0 saturated heterocycles. The van der Waals surface area contributed by atoms with Gasteiger partial charge in [0.15, 0.2) is 0 Å². The number of nitrogens with zero attached hydrogens (tertiary/aromatic N) is 2. The average Bonchev–Trinajstić information content (AvgIpc) is 2.79. The highest BCUT2D eigenvalue weighted by Crippen LogP contribution is 2.11. The first kappa shape index (κ1) is 17.2. The number of rotatable bonds is 9. The smallest absolute Gasteiger partial charge is 0.329 e. The Labute approximate surface area is 124 Å². The molecule has 0 unspecified atom stereocenters. The molecular weight excluding hydrogens is 274 g/mol. The molecule has 2 N–H and O–H groups in total. The van der Waals surface area contributed by atoms with E-state index in [1.54, 1.807) is 6.20 Å². The summed E-state index contributed by atoms with van der Waals surface area (Å²) in [5.41, 5.74) is 1.48. The molecular formula is C14H23N3O4. The monoisotopic (exact) mass is 297 g/mol. The molecule has 0 spiro atoms. The summed E-state index contributed by atoms with van der Waals surface area (Å²) < 4.78 is 6.72. The Morgan fingerprint density at radius 1 is 1.48 bits per heavy atom. The van der Waals surface area contributed by atoms with Crippen LogP contribution < -0.4 is 5.32 Å². The van der Waals surface area contributed by atoms with E-state index in [2.05, 4.69) is 24.3 Å². The number of carboxylic acids is 1. The fourth-order valence-electron chi connectivity index (χ4n) is 1.97. The van der Waals surface area contributed by atoms with Crippen molar-refractivity contribution in [1.82, 2.24) is 15.1 Å². The van der Waals surface area contributed by atoms with Gasteiger partial charge < -0.3 is 15.2 Å². The predicted molar refractivity (Wildman–Crippen MR) is 77.2 cm³/mol. The van der Waals surface area contributed by atoms with Crippen molar-refractivity contribution < 1.29 is 19.4 Å². The van der Waals surface area contributed by atoms with Crippen LogP contribution in [0, 0.1) is 5.92 Å². The molecule has 1 heterocycles. The van der Waals surface area contributed by atoms with Crippen LogP contribution in [-0.4, -0.2) is 46.5 Å². The lowest BCUT2D eigenvalue weighted by molar-refractivity contribution is -0.142. The summed E-state index contributed by atoms with van der Waals surface area (Å²) in [7, 11) is 0. The standard InChI is InChI=1S/C14H23N3O4/c1-4-12-11(7-16-17(12)8-10(2)3)14(20)15-5-6-21-9-13(18)19/h7,10H,4-6,8-9H2,1-3H3,(H,15,20)(H,18,19). The van der Waals surface area contributed by atoms with E-state index < -0.39 is 5.97 Å². The highest BCUT2D eigenvalue weighted by atomic mass is 16.5. The minimum absolute atomic E-state index is 0.166. The van der Waals surface area contributed by atoms with Crippen LogP contribution in [0.2, 0.25) is 0 Å². The maximum atomic E-state index is 12.1. The van der Waals surface area contributed by atoms with Crippen LogP contribution in [0.5, 0.6) is 0 Å². The predicted octanol–water partition coefficient (Wildman–Crippen LogP) is 0.932. The Morgan fingerprint density at radius 2 is 2.19 bits per heavy atom. The van der Waals surface area contributed by atoms with Gasteiger partial charge in [-0.3, -0.25) is 9.48 Å². The highest BCUT2D eigenvalue weighted by Gasteiger charge is 2.16. The van der Waals surface area contributed by atoms with Gasteiger partial charge in [0, 0.05) is 13.1 Å². The molecule has 0 aliphatic heterocycles. The van der Waals surface area contributed by atoms with Crippen molar-refractivity contribution in [2.24, 2.45) is 5.92 Å². The molecule has 1 amide bonds. The first-order chi connectivity index (χ1) is 9.95. The fourth-order valence-corrected chi connectivity index (χ4v) is 1.97. The second-order valence-electron chi connectivity index (χ2n) is 5.14. The van der Waals surface area contributed by atoms with Gasteiger partial charge in [-0.25, -0.2) is 4.79 Å². The zero-order chi connectivity index (χ0) is 15.8. The Bertz CT molecular complexity index is 483. The molecule has 0 radical (unpaired) electrons. The van der Waals surface area contributed by atoms with Crippen molar-refractivity contribution in [2.75, 3.05) is 19.8 Å². The third-order valence-corrected chi connectivity index (χ3v) is 2.82. The molecule has 1 aromatic rings. The number of hydrogen-bond donors (Lipinski definition) is 2. The van der Waals surface area contributed by atoms with E-state index in [1.165, 1.54) is 0 Å². The van der Waals surface area contributed by atoms with Crippen LogP contribution in [0.1, 0.15) is 36.8 Å². The summed E-state index contributed by atoms with van der Waals surface area (Å²) in [4.78, 5) is 22.4. The minimum atomic E-state index is -1.02. The molecule has 0 aromatic carbocycles. The lowest BCUT2D eigenvalue weighted by atomic mass is 10.1. The van der Waals surface area contributed by atoms with Gasteiger partial charge in [-0.1, -0.05) is 20.8 Å². The van der Waals surface area contributed by atoms with E-state index >= 15 is 0 Å². The van der Waals surface area contributed by atoms with Gasteiger partial charge in [0.25, 0.3) is 5.91 Å². The molecule has 0 bridgehead atoms. The maximum Gasteiger partial charge on any atom is 0.329 e. The SMILES string of the molecule is CCc1c(C(=O)NCCOCC(=O)O)cnn1CC(C)C. The second kappa shape index (κ2) is 8.41. The number of amides is 1. The first-order valence-corrected chi connectivity index (χ1v) is 7.08. The van der Waals surface area contributed by atoms with E-state index in [1.807, 2.05) is 11.6 Å². The number of aliphatic carboxylic acids is 1. The van der Waals surface area contributed by atoms with Crippen molar-refractivity contribution in [3.8, 4) is 0 Å². The summed E-state index contributed by atoms with van der Waals surface area (Å²) in [6, 6.07) is 0. The molecule has 1 aromatic heterocycles. The van der Waals surface area contributed by atoms with Crippen molar-refractivity contribution in [3.05, 3.63) is 17.5 Å². The van der Waals surface area contributed by atoms with Gasteiger partial charge >= 0.3 is 5.97 Å². The number of hydrogen-bond acceptors (Lipinski definition) is 4. The molecule has 7 heteroatoms. The maximum absolute atomic E-state index is 12.1. The number of aromatic nitrogens is 2. The van der Waals surface area contributed by atoms with Crippen molar-refractivity contribution in [1.29, 1.82) is 0 Å². The van der Waals surface area contributed by atoms with Crippen LogP contribution in [0.25, 0.3) is 0 Å². The van der Waals surface area contributed by atoms with E-state index in [0.717, 1.165) is 18.7 Å². The molecule has 7 nitrogen and oxygen atoms in total. The normalized spacial score (nSPS) is 10.9. The Hall–Kier alpha value is -1.89. The van der Waals surface area contributed by atoms with Gasteiger partial charge in [-0.05, 0) is 12.3 Å². The number of carbonyl (C=O) groups excluding carboxylic acids is 1.